The van der Waals surface area contributed by atoms with E-state index in [9.17, 15) is 4.79 Å². The lowest BCUT2D eigenvalue weighted by molar-refractivity contribution is 0.0946. The van der Waals surface area contributed by atoms with E-state index in [1.807, 2.05) is 37.3 Å². The molecule has 4 aromatic rings. The van der Waals surface area contributed by atoms with Crippen molar-refractivity contribution in [3.05, 3.63) is 59.4 Å². The Morgan fingerprint density at radius 1 is 1.26 bits per heavy atom. The highest BCUT2D eigenvalue weighted by Crippen LogP contribution is 2.32. The number of methoxy groups -OCH3 is 1. The predicted molar refractivity (Wildman–Crippen MR) is 134 cm³/mol. The summed E-state index contributed by atoms with van der Waals surface area (Å²) < 4.78 is 17.8. The number of nitrogens with two attached hydrogens (primary N) is 1. The summed E-state index contributed by atoms with van der Waals surface area (Å²) in [5, 5.41) is 3.47. The molecule has 0 aliphatic carbocycles. The molecule has 1 saturated heterocycles. The number of benzene rings is 1. The number of ether oxygens (including phenoxy) is 3. The minimum absolute atomic E-state index is 0.0328. The normalized spacial score (nSPS) is 15.3. The third-order valence-electron chi connectivity index (χ3n) is 5.79. The largest absolute Gasteiger partial charge is 0.480 e. The lowest BCUT2D eigenvalue weighted by Gasteiger charge is -2.16. The number of nitrogen functional groups attached to an aromatic ring is 1. The molecule has 10 heteroatoms. The van der Waals surface area contributed by atoms with Crippen LogP contribution in [0, 0.1) is 6.92 Å². The molecule has 1 aliphatic heterocycles. The molecule has 35 heavy (non-hydrogen) atoms. The number of nitrogens with one attached hydrogen (secondary N) is 1. The van der Waals surface area contributed by atoms with Crippen LogP contribution in [0.5, 0.6) is 11.8 Å². The molecule has 0 spiro atoms. The van der Waals surface area contributed by atoms with Crippen LogP contribution in [0.3, 0.4) is 0 Å². The van der Waals surface area contributed by atoms with Crippen LogP contribution < -0.4 is 20.5 Å². The summed E-state index contributed by atoms with van der Waals surface area (Å²) >= 11 is 1.42. The number of hydrogen-bond acceptors (Lipinski definition) is 9. The van der Waals surface area contributed by atoms with Crippen molar-refractivity contribution in [1.29, 1.82) is 0 Å². The Morgan fingerprint density at radius 3 is 2.94 bits per heavy atom. The molecule has 1 amide bonds. The van der Waals surface area contributed by atoms with Gasteiger partial charge in [0.25, 0.3) is 5.91 Å². The Bertz CT molecular complexity index is 1380. The molecule has 3 aromatic heterocycles. The average molecular weight is 492 g/mol. The number of anilines is 1. The van der Waals surface area contributed by atoms with Crippen LogP contribution in [0.25, 0.3) is 21.3 Å². The lowest BCUT2D eigenvalue weighted by Crippen LogP contribution is -2.25. The second kappa shape index (κ2) is 9.85. The minimum Gasteiger partial charge on any atom is -0.480 e. The first kappa shape index (κ1) is 23.0. The molecule has 9 nitrogen and oxygen atoms in total. The Hall–Kier alpha value is -3.76. The first-order valence-corrected chi connectivity index (χ1v) is 12.0. The summed E-state index contributed by atoms with van der Waals surface area (Å²) in [6, 6.07) is 11.4. The quantitative estimate of drug-likeness (QED) is 0.401. The van der Waals surface area contributed by atoms with Gasteiger partial charge in [-0.05, 0) is 36.8 Å². The number of rotatable bonds is 7. The van der Waals surface area contributed by atoms with Gasteiger partial charge >= 0.3 is 0 Å². The number of hydrogen-bond donors (Lipinski definition) is 2. The van der Waals surface area contributed by atoms with Crippen LogP contribution >= 0.6 is 11.3 Å². The molecule has 0 bridgehead atoms. The van der Waals surface area contributed by atoms with E-state index in [1.54, 1.807) is 12.3 Å². The molecule has 1 unspecified atom stereocenters. The standard InChI is InChI=1S/C25H25N5O4S/c1-14-18(15-5-6-20-21(10-15)35-25(26)30-20)11-19(24(29-14)32-2)22(31)28-12-16-4-3-8-27-23(16)34-17-7-9-33-13-17/h3-6,8,10-11,17H,7,9,12-13H2,1-2H3,(H2,26,30)(H,28,31). The van der Waals surface area contributed by atoms with Gasteiger partial charge in [0.05, 0.1) is 30.5 Å². The van der Waals surface area contributed by atoms with E-state index in [2.05, 4.69) is 20.3 Å². The van der Waals surface area contributed by atoms with E-state index < -0.39 is 0 Å². The molecule has 1 atom stereocenters. The molecule has 1 aromatic carbocycles. The van der Waals surface area contributed by atoms with Gasteiger partial charge in [0, 0.05) is 36.0 Å². The molecule has 4 heterocycles. The molecular weight excluding hydrogens is 466 g/mol. The van der Waals surface area contributed by atoms with Crippen molar-refractivity contribution < 1.29 is 19.0 Å². The third kappa shape index (κ3) is 4.89. The van der Waals surface area contributed by atoms with Crippen LogP contribution in [-0.2, 0) is 11.3 Å². The second-order valence-corrected chi connectivity index (χ2v) is 9.23. The highest BCUT2D eigenvalue weighted by atomic mass is 32.1. The van der Waals surface area contributed by atoms with Crippen LogP contribution in [0.1, 0.15) is 28.0 Å². The summed E-state index contributed by atoms with van der Waals surface area (Å²) in [4.78, 5) is 26.4. The number of aromatic nitrogens is 3. The van der Waals surface area contributed by atoms with Gasteiger partial charge in [0.2, 0.25) is 11.8 Å². The SMILES string of the molecule is COc1nc(C)c(-c2ccc3nc(N)sc3c2)cc1C(=O)NCc1cccnc1OC1CCOC1. The Balaban J connectivity index is 1.39. The number of carbonyl (C=O) groups excluding carboxylic acids is 1. The highest BCUT2D eigenvalue weighted by molar-refractivity contribution is 7.22. The van der Waals surface area contributed by atoms with Gasteiger partial charge in [0.15, 0.2) is 5.13 Å². The van der Waals surface area contributed by atoms with Gasteiger partial charge in [-0.3, -0.25) is 4.79 Å². The molecule has 1 aliphatic rings. The molecule has 0 saturated carbocycles. The average Bonchev–Trinajstić information content (AvgIpc) is 3.51. The van der Waals surface area contributed by atoms with Crippen molar-refractivity contribution in [3.63, 3.8) is 0 Å². The molecular formula is C25H25N5O4S. The topological polar surface area (TPSA) is 121 Å². The number of nitrogens with zero attached hydrogens (tertiary/aromatic N) is 3. The summed E-state index contributed by atoms with van der Waals surface area (Å²) in [6.45, 7) is 3.34. The first-order chi connectivity index (χ1) is 17.0. The van der Waals surface area contributed by atoms with Gasteiger partial charge in [-0.2, -0.15) is 0 Å². The van der Waals surface area contributed by atoms with Crippen LogP contribution in [0.15, 0.2) is 42.6 Å². The van der Waals surface area contributed by atoms with Crippen molar-refractivity contribution in [2.24, 2.45) is 0 Å². The van der Waals surface area contributed by atoms with Crippen molar-refractivity contribution in [2.75, 3.05) is 26.1 Å². The minimum atomic E-state index is -0.308. The first-order valence-electron chi connectivity index (χ1n) is 11.2. The molecule has 0 radical (unpaired) electrons. The van der Waals surface area contributed by atoms with E-state index in [0.717, 1.165) is 39.0 Å². The molecule has 180 valence electrons. The number of thiazole rings is 1. The number of pyridine rings is 2. The van der Waals surface area contributed by atoms with Crippen molar-refractivity contribution in [1.82, 2.24) is 20.3 Å². The van der Waals surface area contributed by atoms with Crippen molar-refractivity contribution >= 4 is 32.6 Å². The Kier molecular flexibility index (Phi) is 6.47. The smallest absolute Gasteiger partial charge is 0.257 e. The number of carbonyl (C=O) groups is 1. The third-order valence-corrected chi connectivity index (χ3v) is 6.63. The monoisotopic (exact) mass is 491 g/mol. The maximum atomic E-state index is 13.2. The number of fused-ring (bicyclic) bond motifs is 1. The van der Waals surface area contributed by atoms with Gasteiger partial charge in [0.1, 0.15) is 11.7 Å². The molecule has 1 fully saturated rings. The van der Waals surface area contributed by atoms with Gasteiger partial charge in [-0.1, -0.05) is 23.5 Å². The highest BCUT2D eigenvalue weighted by Gasteiger charge is 2.21. The van der Waals surface area contributed by atoms with Gasteiger partial charge < -0.3 is 25.3 Å². The fourth-order valence-electron chi connectivity index (χ4n) is 4.00. The summed E-state index contributed by atoms with van der Waals surface area (Å²) in [5.41, 5.74) is 10.3. The van der Waals surface area contributed by atoms with Gasteiger partial charge in [-0.25, -0.2) is 15.0 Å². The fourth-order valence-corrected chi connectivity index (χ4v) is 4.78. The maximum absolute atomic E-state index is 13.2. The van der Waals surface area contributed by atoms with E-state index in [0.29, 0.717) is 29.8 Å². The lowest BCUT2D eigenvalue weighted by atomic mass is 10.0. The van der Waals surface area contributed by atoms with Crippen LogP contribution in [0.2, 0.25) is 0 Å². The van der Waals surface area contributed by atoms with E-state index in [4.69, 9.17) is 19.9 Å². The number of amides is 1. The predicted octanol–water partition coefficient (Wildman–Crippen LogP) is 3.75. The number of aryl methyl sites for hydroxylation is 1. The second-order valence-electron chi connectivity index (χ2n) is 8.17. The van der Waals surface area contributed by atoms with E-state index >= 15 is 0 Å². The maximum Gasteiger partial charge on any atom is 0.257 e. The van der Waals surface area contributed by atoms with E-state index in [1.165, 1.54) is 18.4 Å². The zero-order valence-corrected chi connectivity index (χ0v) is 20.2. The zero-order valence-electron chi connectivity index (χ0n) is 19.4. The fraction of sp³-hybridized carbons (Fsp3) is 0.280. The Labute approximate surface area is 206 Å². The zero-order chi connectivity index (χ0) is 24.4. The van der Waals surface area contributed by atoms with E-state index in [-0.39, 0.29) is 24.4 Å². The van der Waals surface area contributed by atoms with Crippen molar-refractivity contribution in [2.45, 2.75) is 26.0 Å². The summed E-state index contributed by atoms with van der Waals surface area (Å²) in [7, 11) is 1.50. The molecule has 5 rings (SSSR count). The van der Waals surface area contributed by atoms with Crippen LogP contribution in [-0.4, -0.2) is 47.3 Å². The molecule has 3 N–H and O–H groups in total. The summed E-state index contributed by atoms with van der Waals surface area (Å²) in [6.07, 6.45) is 2.45. The Morgan fingerprint density at radius 2 is 2.14 bits per heavy atom. The van der Waals surface area contributed by atoms with Crippen molar-refractivity contribution in [3.8, 4) is 22.9 Å². The summed E-state index contributed by atoms with van der Waals surface area (Å²) in [5.74, 6) is 0.450. The van der Waals surface area contributed by atoms with Crippen LogP contribution in [0.4, 0.5) is 5.13 Å². The van der Waals surface area contributed by atoms with Gasteiger partial charge in [-0.15, -0.1) is 0 Å².